The van der Waals surface area contributed by atoms with Gasteiger partial charge in [-0.15, -0.1) is 0 Å². The number of pyridine rings is 1. The molecule has 1 aromatic carbocycles. The van der Waals surface area contributed by atoms with Crippen LogP contribution in [0.15, 0.2) is 42.7 Å². The number of nitrogen functional groups attached to an aromatic ring is 1. The predicted molar refractivity (Wildman–Crippen MR) is 69.7 cm³/mol. The smallest absolute Gasteiger partial charge is 0.340 e. The number of aromatic nitrogens is 1. The Hall–Kier alpha value is -2.56. The van der Waals surface area contributed by atoms with Gasteiger partial charge in [-0.1, -0.05) is 0 Å². The van der Waals surface area contributed by atoms with Crippen LogP contribution in [0.25, 0.3) is 0 Å². The first kappa shape index (κ1) is 11.9. The van der Waals surface area contributed by atoms with Gasteiger partial charge >= 0.3 is 5.97 Å². The summed E-state index contributed by atoms with van der Waals surface area (Å²) in [6, 6.07) is 8.79. The average molecular weight is 243 g/mol. The number of rotatable bonds is 3. The summed E-state index contributed by atoms with van der Waals surface area (Å²) in [5.74, 6) is -0.456. The van der Waals surface area contributed by atoms with Gasteiger partial charge in [0.05, 0.1) is 24.6 Å². The fourth-order valence-electron chi connectivity index (χ4n) is 1.52. The summed E-state index contributed by atoms with van der Waals surface area (Å²) in [6.45, 7) is 0. The molecule has 0 aliphatic carbocycles. The molecule has 1 heterocycles. The second-order valence-electron chi connectivity index (χ2n) is 3.66. The van der Waals surface area contributed by atoms with Crippen LogP contribution in [-0.4, -0.2) is 18.1 Å². The van der Waals surface area contributed by atoms with E-state index in [-0.39, 0.29) is 0 Å². The molecular weight excluding hydrogens is 230 g/mol. The minimum Gasteiger partial charge on any atom is -0.465 e. The van der Waals surface area contributed by atoms with E-state index in [1.54, 1.807) is 30.6 Å². The Kier molecular flexibility index (Phi) is 3.43. The molecular formula is C13H13N3O2. The number of nitrogens with two attached hydrogens (primary N) is 1. The van der Waals surface area contributed by atoms with Crippen molar-refractivity contribution in [1.29, 1.82) is 0 Å². The minimum atomic E-state index is -0.456. The van der Waals surface area contributed by atoms with Crippen molar-refractivity contribution in [2.45, 2.75) is 0 Å². The highest BCUT2D eigenvalue weighted by molar-refractivity contribution is 5.96. The molecule has 0 aliphatic heterocycles. The molecule has 5 nitrogen and oxygen atoms in total. The van der Waals surface area contributed by atoms with Gasteiger partial charge in [0.2, 0.25) is 0 Å². The second-order valence-corrected chi connectivity index (χ2v) is 3.66. The number of hydrogen-bond donors (Lipinski definition) is 2. The number of esters is 1. The van der Waals surface area contributed by atoms with E-state index in [1.807, 2.05) is 12.1 Å². The SMILES string of the molecule is COC(=O)c1cc(Nc2cccnc2)ccc1N. The van der Waals surface area contributed by atoms with Gasteiger partial charge in [-0.25, -0.2) is 4.79 Å². The number of methoxy groups -OCH3 is 1. The second kappa shape index (κ2) is 5.18. The molecule has 1 aromatic heterocycles. The summed E-state index contributed by atoms with van der Waals surface area (Å²) in [5.41, 5.74) is 8.02. The Morgan fingerprint density at radius 2 is 2.17 bits per heavy atom. The molecule has 0 saturated heterocycles. The van der Waals surface area contributed by atoms with Crippen LogP contribution in [0.3, 0.4) is 0 Å². The van der Waals surface area contributed by atoms with Gasteiger partial charge in [0.25, 0.3) is 0 Å². The van der Waals surface area contributed by atoms with Crippen LogP contribution in [0.5, 0.6) is 0 Å². The summed E-state index contributed by atoms with van der Waals surface area (Å²) in [6.07, 6.45) is 3.38. The Bertz CT molecular complexity index is 555. The molecule has 18 heavy (non-hydrogen) atoms. The zero-order chi connectivity index (χ0) is 13.0. The third kappa shape index (κ3) is 2.57. The highest BCUT2D eigenvalue weighted by Crippen LogP contribution is 2.21. The van der Waals surface area contributed by atoms with E-state index in [9.17, 15) is 4.79 Å². The van der Waals surface area contributed by atoms with Crippen LogP contribution in [0.4, 0.5) is 17.1 Å². The molecule has 0 bridgehead atoms. The number of carbonyl (C=O) groups excluding carboxylic acids is 1. The lowest BCUT2D eigenvalue weighted by Crippen LogP contribution is -2.06. The van der Waals surface area contributed by atoms with Crippen molar-refractivity contribution in [2.75, 3.05) is 18.2 Å². The van der Waals surface area contributed by atoms with Crippen molar-refractivity contribution in [2.24, 2.45) is 0 Å². The Morgan fingerprint density at radius 3 is 2.83 bits per heavy atom. The molecule has 0 amide bonds. The van der Waals surface area contributed by atoms with E-state index < -0.39 is 5.97 Å². The van der Waals surface area contributed by atoms with E-state index >= 15 is 0 Å². The maximum atomic E-state index is 11.5. The number of hydrogen-bond acceptors (Lipinski definition) is 5. The molecule has 0 fully saturated rings. The Labute approximate surface area is 105 Å². The quantitative estimate of drug-likeness (QED) is 0.638. The first-order valence-electron chi connectivity index (χ1n) is 5.35. The molecule has 0 spiro atoms. The third-order valence-electron chi connectivity index (χ3n) is 2.41. The van der Waals surface area contributed by atoms with Crippen LogP contribution < -0.4 is 11.1 Å². The molecule has 0 radical (unpaired) electrons. The van der Waals surface area contributed by atoms with Gasteiger partial charge in [0.1, 0.15) is 0 Å². The highest BCUT2D eigenvalue weighted by Gasteiger charge is 2.10. The zero-order valence-corrected chi connectivity index (χ0v) is 9.88. The topological polar surface area (TPSA) is 77.2 Å². The van der Waals surface area contributed by atoms with Crippen molar-refractivity contribution in [3.8, 4) is 0 Å². The van der Waals surface area contributed by atoms with Gasteiger partial charge in [0, 0.05) is 17.6 Å². The number of ether oxygens (including phenoxy) is 1. The number of benzene rings is 1. The van der Waals surface area contributed by atoms with E-state index in [1.165, 1.54) is 7.11 Å². The summed E-state index contributed by atoms with van der Waals surface area (Å²) in [7, 11) is 1.32. The number of anilines is 3. The standard InChI is InChI=1S/C13H13N3O2/c1-18-13(17)11-7-9(4-5-12(11)14)16-10-3-2-6-15-8-10/h2-8,16H,14H2,1H3. The van der Waals surface area contributed by atoms with Crippen molar-refractivity contribution in [3.05, 3.63) is 48.3 Å². The highest BCUT2D eigenvalue weighted by atomic mass is 16.5. The maximum absolute atomic E-state index is 11.5. The largest absolute Gasteiger partial charge is 0.465 e. The van der Waals surface area contributed by atoms with Gasteiger partial charge in [0.15, 0.2) is 0 Å². The average Bonchev–Trinajstić information content (AvgIpc) is 2.41. The summed E-state index contributed by atoms with van der Waals surface area (Å²) in [4.78, 5) is 15.5. The molecule has 2 aromatic rings. The molecule has 0 saturated carbocycles. The van der Waals surface area contributed by atoms with Crippen LogP contribution >= 0.6 is 0 Å². The van der Waals surface area contributed by atoms with Crippen LogP contribution in [0.2, 0.25) is 0 Å². The number of nitrogens with zero attached hydrogens (tertiary/aromatic N) is 1. The third-order valence-corrected chi connectivity index (χ3v) is 2.41. The first-order valence-corrected chi connectivity index (χ1v) is 5.35. The Balaban J connectivity index is 2.27. The lowest BCUT2D eigenvalue weighted by Gasteiger charge is -2.09. The summed E-state index contributed by atoms with van der Waals surface area (Å²) >= 11 is 0. The first-order chi connectivity index (χ1) is 8.70. The predicted octanol–water partition coefficient (Wildman–Crippen LogP) is 2.19. The van der Waals surface area contributed by atoms with Crippen molar-refractivity contribution >= 4 is 23.0 Å². The fraction of sp³-hybridized carbons (Fsp3) is 0.0769. The molecule has 3 N–H and O–H groups in total. The lowest BCUT2D eigenvalue weighted by molar-refractivity contribution is 0.0602. The van der Waals surface area contributed by atoms with Gasteiger partial charge < -0.3 is 15.8 Å². The van der Waals surface area contributed by atoms with Crippen molar-refractivity contribution in [1.82, 2.24) is 4.98 Å². The van der Waals surface area contributed by atoms with Gasteiger partial charge in [-0.05, 0) is 30.3 Å². The van der Waals surface area contributed by atoms with Crippen LogP contribution in [-0.2, 0) is 4.74 Å². The Morgan fingerprint density at radius 1 is 1.33 bits per heavy atom. The number of nitrogens with one attached hydrogen (secondary N) is 1. The molecule has 5 heteroatoms. The molecule has 2 rings (SSSR count). The zero-order valence-electron chi connectivity index (χ0n) is 9.88. The van der Waals surface area contributed by atoms with E-state index in [2.05, 4.69) is 15.0 Å². The molecule has 0 unspecified atom stereocenters. The maximum Gasteiger partial charge on any atom is 0.340 e. The number of carbonyl (C=O) groups is 1. The van der Waals surface area contributed by atoms with Gasteiger partial charge in [-0.3, -0.25) is 4.98 Å². The van der Waals surface area contributed by atoms with Gasteiger partial charge in [-0.2, -0.15) is 0 Å². The van der Waals surface area contributed by atoms with Crippen LogP contribution in [0, 0.1) is 0 Å². The normalized spacial score (nSPS) is 9.83. The van der Waals surface area contributed by atoms with Crippen molar-refractivity contribution < 1.29 is 9.53 Å². The van der Waals surface area contributed by atoms with E-state index in [0.29, 0.717) is 11.3 Å². The monoisotopic (exact) mass is 243 g/mol. The molecule has 0 aliphatic rings. The fourth-order valence-corrected chi connectivity index (χ4v) is 1.52. The van der Waals surface area contributed by atoms with E-state index in [4.69, 9.17) is 5.73 Å². The lowest BCUT2D eigenvalue weighted by atomic mass is 10.1. The molecule has 92 valence electrons. The molecule has 0 atom stereocenters. The minimum absolute atomic E-state index is 0.339. The summed E-state index contributed by atoms with van der Waals surface area (Å²) < 4.78 is 4.66. The van der Waals surface area contributed by atoms with Crippen molar-refractivity contribution in [3.63, 3.8) is 0 Å². The van der Waals surface area contributed by atoms with Crippen LogP contribution in [0.1, 0.15) is 10.4 Å². The summed E-state index contributed by atoms with van der Waals surface area (Å²) in [5, 5.41) is 3.12. The van der Waals surface area contributed by atoms with E-state index in [0.717, 1.165) is 11.4 Å².